The lowest BCUT2D eigenvalue weighted by atomic mass is 10.0. The molecule has 9 rings (SSSR count). The van der Waals surface area contributed by atoms with E-state index in [9.17, 15) is 0 Å². The van der Waals surface area contributed by atoms with Crippen LogP contribution in [-0.4, -0.2) is 14.5 Å². The minimum Gasteiger partial charge on any atom is -0.456 e. The molecule has 0 fully saturated rings. The van der Waals surface area contributed by atoms with Crippen LogP contribution in [0.2, 0.25) is 0 Å². The Bertz CT molecular complexity index is 2400. The highest BCUT2D eigenvalue weighted by Crippen LogP contribution is 2.38. The summed E-state index contributed by atoms with van der Waals surface area (Å²) < 4.78 is 8.52. The molecule has 0 N–H and O–H groups in total. The first-order chi connectivity index (χ1) is 20.8. The van der Waals surface area contributed by atoms with Gasteiger partial charge < -0.3 is 4.42 Å². The first-order valence-electron chi connectivity index (χ1n) is 14.1. The van der Waals surface area contributed by atoms with E-state index in [2.05, 4.69) is 95.6 Å². The van der Waals surface area contributed by atoms with Gasteiger partial charge in [-0.1, -0.05) is 97.1 Å². The van der Waals surface area contributed by atoms with Crippen molar-refractivity contribution in [2.45, 2.75) is 0 Å². The molecule has 0 aliphatic rings. The second-order valence-electron chi connectivity index (χ2n) is 10.7. The molecule has 0 unspecified atom stereocenters. The molecule has 0 atom stereocenters. The molecule has 0 saturated heterocycles. The van der Waals surface area contributed by atoms with E-state index < -0.39 is 0 Å². The van der Waals surface area contributed by atoms with Crippen LogP contribution in [0.15, 0.2) is 144 Å². The van der Waals surface area contributed by atoms with Crippen molar-refractivity contribution in [3.05, 3.63) is 140 Å². The molecule has 6 aromatic carbocycles. The van der Waals surface area contributed by atoms with Gasteiger partial charge in [-0.2, -0.15) is 0 Å². The Morgan fingerprint density at radius 1 is 0.452 bits per heavy atom. The van der Waals surface area contributed by atoms with Crippen molar-refractivity contribution in [1.82, 2.24) is 14.5 Å². The van der Waals surface area contributed by atoms with Crippen LogP contribution in [0.3, 0.4) is 0 Å². The fraction of sp³-hybridized carbons (Fsp3) is 0. The Morgan fingerprint density at radius 3 is 1.95 bits per heavy atom. The van der Waals surface area contributed by atoms with E-state index in [1.807, 2.05) is 48.5 Å². The molecule has 0 saturated carbocycles. The summed E-state index contributed by atoms with van der Waals surface area (Å²) in [6.45, 7) is 0. The van der Waals surface area contributed by atoms with Crippen LogP contribution in [0.25, 0.3) is 83.0 Å². The minimum absolute atomic E-state index is 0.697. The normalized spacial score (nSPS) is 11.8. The maximum Gasteiger partial charge on any atom is 0.162 e. The van der Waals surface area contributed by atoms with Gasteiger partial charge in [-0.15, -0.1) is 0 Å². The van der Waals surface area contributed by atoms with Crippen molar-refractivity contribution in [3.8, 4) is 28.5 Å². The van der Waals surface area contributed by atoms with Crippen molar-refractivity contribution in [2.24, 2.45) is 0 Å². The van der Waals surface area contributed by atoms with Crippen LogP contribution >= 0.6 is 0 Å². The van der Waals surface area contributed by atoms with Crippen LogP contribution < -0.4 is 0 Å². The first-order valence-corrected chi connectivity index (χ1v) is 14.1. The molecule has 0 aliphatic heterocycles. The van der Waals surface area contributed by atoms with Crippen LogP contribution in [0, 0.1) is 0 Å². The molecule has 0 aliphatic carbocycles. The molecule has 0 amide bonds. The molecule has 9 aromatic rings. The summed E-state index contributed by atoms with van der Waals surface area (Å²) in [6, 6.07) is 48.4. The highest BCUT2D eigenvalue weighted by atomic mass is 16.3. The minimum atomic E-state index is 0.697. The van der Waals surface area contributed by atoms with Gasteiger partial charge in [0.2, 0.25) is 0 Å². The number of fused-ring (bicyclic) bond motifs is 7. The maximum absolute atomic E-state index is 6.25. The van der Waals surface area contributed by atoms with E-state index in [4.69, 9.17) is 14.4 Å². The number of rotatable bonds is 3. The van der Waals surface area contributed by atoms with E-state index in [0.29, 0.717) is 5.82 Å². The van der Waals surface area contributed by atoms with Crippen molar-refractivity contribution >= 4 is 54.5 Å². The summed E-state index contributed by atoms with van der Waals surface area (Å²) >= 11 is 0. The SMILES string of the molecule is c1ccc(-c2cc(-n3c4ccccc4c4cc5cc6c(cc5cc43)oc3ccccc36)nc(-c3ccccc3)n2)cc1. The lowest BCUT2D eigenvalue weighted by molar-refractivity contribution is 0.669. The highest BCUT2D eigenvalue weighted by Gasteiger charge is 2.18. The molecule has 0 radical (unpaired) electrons. The summed E-state index contributed by atoms with van der Waals surface area (Å²) in [5.41, 5.74) is 6.92. The third-order valence-corrected chi connectivity index (χ3v) is 8.17. The van der Waals surface area contributed by atoms with E-state index >= 15 is 0 Å². The van der Waals surface area contributed by atoms with Crippen molar-refractivity contribution in [3.63, 3.8) is 0 Å². The maximum atomic E-state index is 6.25. The monoisotopic (exact) mass is 537 g/mol. The third-order valence-electron chi connectivity index (χ3n) is 8.17. The summed E-state index contributed by atoms with van der Waals surface area (Å²) in [6.07, 6.45) is 0. The molecule has 3 aromatic heterocycles. The highest BCUT2D eigenvalue weighted by molar-refractivity contribution is 6.16. The average Bonchev–Trinajstić information content (AvgIpc) is 3.58. The van der Waals surface area contributed by atoms with E-state index in [1.165, 1.54) is 16.2 Å². The first kappa shape index (κ1) is 23.0. The van der Waals surface area contributed by atoms with Gasteiger partial charge in [-0.3, -0.25) is 4.57 Å². The largest absolute Gasteiger partial charge is 0.456 e. The van der Waals surface area contributed by atoms with Crippen molar-refractivity contribution < 1.29 is 4.42 Å². The molecule has 0 bridgehead atoms. The quantitative estimate of drug-likeness (QED) is 0.225. The van der Waals surface area contributed by atoms with E-state index in [0.717, 1.165) is 61.0 Å². The predicted molar refractivity (Wildman–Crippen MR) is 172 cm³/mol. The van der Waals surface area contributed by atoms with Gasteiger partial charge in [0.15, 0.2) is 5.82 Å². The van der Waals surface area contributed by atoms with Crippen molar-refractivity contribution in [1.29, 1.82) is 0 Å². The zero-order valence-electron chi connectivity index (χ0n) is 22.5. The standard InChI is InChI=1S/C38H23N3O/c1-3-11-24(12-4-1)32-23-37(40-38(39-32)25-13-5-2-6-14-25)41-33-17-9-7-15-28(33)30-19-26-20-31-29-16-8-10-18-35(29)42-36(31)22-27(26)21-34(30)41/h1-23H. The van der Waals surface area contributed by atoms with Gasteiger partial charge in [-0.25, -0.2) is 9.97 Å². The van der Waals surface area contributed by atoms with Crippen LogP contribution in [0.5, 0.6) is 0 Å². The average molecular weight is 538 g/mol. The number of hydrogen-bond acceptors (Lipinski definition) is 3. The Labute approximate surface area is 241 Å². The number of hydrogen-bond donors (Lipinski definition) is 0. The van der Waals surface area contributed by atoms with Crippen molar-refractivity contribution in [2.75, 3.05) is 0 Å². The fourth-order valence-electron chi connectivity index (χ4n) is 6.20. The van der Waals surface area contributed by atoms with Gasteiger partial charge in [0.25, 0.3) is 0 Å². The van der Waals surface area contributed by atoms with Gasteiger partial charge in [0.05, 0.1) is 16.7 Å². The Kier molecular flexibility index (Phi) is 4.87. The summed E-state index contributed by atoms with van der Waals surface area (Å²) in [7, 11) is 0. The van der Waals surface area contributed by atoms with Crippen LogP contribution in [-0.2, 0) is 0 Å². The van der Waals surface area contributed by atoms with E-state index in [1.54, 1.807) is 0 Å². The topological polar surface area (TPSA) is 43.9 Å². The zero-order chi connectivity index (χ0) is 27.6. The molecule has 0 spiro atoms. The smallest absolute Gasteiger partial charge is 0.162 e. The lowest BCUT2D eigenvalue weighted by Crippen LogP contribution is -2.02. The fourth-order valence-corrected chi connectivity index (χ4v) is 6.20. The van der Waals surface area contributed by atoms with Gasteiger partial charge in [-0.05, 0) is 47.2 Å². The summed E-state index contributed by atoms with van der Waals surface area (Å²) in [5, 5.41) is 6.96. The van der Waals surface area contributed by atoms with Crippen LogP contribution in [0.1, 0.15) is 0 Å². The molecular weight excluding hydrogens is 514 g/mol. The summed E-state index contributed by atoms with van der Waals surface area (Å²) in [5.74, 6) is 1.53. The lowest BCUT2D eigenvalue weighted by Gasteiger charge is -2.12. The number of furan rings is 1. The molecular formula is C38H23N3O. The number of nitrogens with zero attached hydrogens (tertiary/aromatic N) is 3. The second-order valence-corrected chi connectivity index (χ2v) is 10.7. The van der Waals surface area contributed by atoms with Gasteiger partial charge in [0, 0.05) is 38.7 Å². The predicted octanol–water partition coefficient (Wildman–Crippen LogP) is 9.96. The van der Waals surface area contributed by atoms with Gasteiger partial charge in [0.1, 0.15) is 17.0 Å². The zero-order valence-corrected chi connectivity index (χ0v) is 22.5. The van der Waals surface area contributed by atoms with Crippen LogP contribution in [0.4, 0.5) is 0 Å². The molecule has 42 heavy (non-hydrogen) atoms. The second kappa shape index (κ2) is 8.88. The number of benzene rings is 6. The Morgan fingerprint density at radius 2 is 1.12 bits per heavy atom. The summed E-state index contributed by atoms with van der Waals surface area (Å²) in [4.78, 5) is 10.2. The Hall–Kier alpha value is -5.74. The third kappa shape index (κ3) is 3.49. The number of aromatic nitrogens is 3. The van der Waals surface area contributed by atoms with Gasteiger partial charge >= 0.3 is 0 Å². The molecule has 4 heteroatoms. The Balaban J connectivity index is 1.37. The molecule has 3 heterocycles. The number of para-hydroxylation sites is 2. The molecule has 4 nitrogen and oxygen atoms in total. The molecule has 196 valence electrons. The van der Waals surface area contributed by atoms with E-state index in [-0.39, 0.29) is 0 Å².